The second-order valence-electron chi connectivity index (χ2n) is 4.16. The minimum absolute atomic E-state index is 0.271. The SMILES string of the molecule is Cc1ccc(Cl)cc1NC(=O)N/C=C/C(C)C. The zero-order valence-corrected chi connectivity index (χ0v) is 11.0. The van der Waals surface area contributed by atoms with Crippen LogP contribution in [0.4, 0.5) is 10.5 Å². The number of rotatable bonds is 3. The number of carbonyl (C=O) groups is 1. The third kappa shape index (κ3) is 4.91. The van der Waals surface area contributed by atoms with Gasteiger partial charge in [0.05, 0.1) is 0 Å². The molecule has 0 aliphatic heterocycles. The van der Waals surface area contributed by atoms with Gasteiger partial charge in [-0.1, -0.05) is 37.6 Å². The van der Waals surface area contributed by atoms with Crippen LogP contribution in [0.3, 0.4) is 0 Å². The van der Waals surface area contributed by atoms with E-state index in [0.29, 0.717) is 16.6 Å². The predicted octanol–water partition coefficient (Wildman–Crippen LogP) is 3.94. The quantitative estimate of drug-likeness (QED) is 0.841. The molecule has 0 saturated carbocycles. The maximum atomic E-state index is 11.5. The van der Waals surface area contributed by atoms with E-state index in [0.717, 1.165) is 5.56 Å². The number of halogens is 1. The smallest absolute Gasteiger partial charge is 0.315 e. The molecule has 0 heterocycles. The van der Waals surface area contributed by atoms with Gasteiger partial charge in [-0.05, 0) is 30.5 Å². The van der Waals surface area contributed by atoms with Crippen LogP contribution in [-0.2, 0) is 0 Å². The van der Waals surface area contributed by atoms with E-state index in [9.17, 15) is 4.79 Å². The molecule has 0 fully saturated rings. The maximum Gasteiger partial charge on any atom is 0.323 e. The van der Waals surface area contributed by atoms with Gasteiger partial charge in [-0.15, -0.1) is 0 Å². The van der Waals surface area contributed by atoms with Crippen molar-refractivity contribution in [1.82, 2.24) is 5.32 Å². The number of aryl methyl sites for hydroxylation is 1. The zero-order chi connectivity index (χ0) is 12.8. The first kappa shape index (κ1) is 13.6. The number of allylic oxidation sites excluding steroid dienone is 1. The van der Waals surface area contributed by atoms with Crippen molar-refractivity contribution in [3.8, 4) is 0 Å². The molecule has 4 heteroatoms. The highest BCUT2D eigenvalue weighted by molar-refractivity contribution is 6.31. The second-order valence-corrected chi connectivity index (χ2v) is 4.60. The number of benzene rings is 1. The molecule has 0 radical (unpaired) electrons. The van der Waals surface area contributed by atoms with Gasteiger partial charge < -0.3 is 10.6 Å². The lowest BCUT2D eigenvalue weighted by Crippen LogP contribution is -2.24. The third-order valence-electron chi connectivity index (χ3n) is 2.14. The van der Waals surface area contributed by atoms with Gasteiger partial charge in [0.15, 0.2) is 0 Å². The van der Waals surface area contributed by atoms with Crippen molar-refractivity contribution >= 4 is 23.3 Å². The Bertz CT molecular complexity index is 427. The van der Waals surface area contributed by atoms with Crippen LogP contribution in [0.2, 0.25) is 5.02 Å². The summed E-state index contributed by atoms with van der Waals surface area (Å²) in [4.78, 5) is 11.5. The largest absolute Gasteiger partial charge is 0.323 e. The average molecular weight is 253 g/mol. The Morgan fingerprint density at radius 3 is 2.76 bits per heavy atom. The Labute approximate surface area is 107 Å². The van der Waals surface area contributed by atoms with Crippen molar-refractivity contribution in [2.75, 3.05) is 5.32 Å². The number of anilines is 1. The summed E-state index contributed by atoms with van der Waals surface area (Å²) in [5.74, 6) is 0.406. The number of amides is 2. The highest BCUT2D eigenvalue weighted by atomic mass is 35.5. The Kier molecular flexibility index (Phi) is 5.04. The number of carbonyl (C=O) groups excluding carboxylic acids is 1. The summed E-state index contributed by atoms with van der Waals surface area (Å²) in [5.41, 5.74) is 1.69. The summed E-state index contributed by atoms with van der Waals surface area (Å²) in [5, 5.41) is 5.98. The van der Waals surface area contributed by atoms with Crippen LogP contribution < -0.4 is 10.6 Å². The van der Waals surface area contributed by atoms with Crippen LogP contribution >= 0.6 is 11.6 Å². The van der Waals surface area contributed by atoms with Crippen molar-refractivity contribution < 1.29 is 4.79 Å². The molecule has 0 bridgehead atoms. The first-order valence-corrected chi connectivity index (χ1v) is 5.87. The van der Waals surface area contributed by atoms with E-state index in [1.54, 1.807) is 18.3 Å². The van der Waals surface area contributed by atoms with E-state index in [2.05, 4.69) is 10.6 Å². The van der Waals surface area contributed by atoms with E-state index in [-0.39, 0.29) is 6.03 Å². The van der Waals surface area contributed by atoms with Crippen LogP contribution in [-0.4, -0.2) is 6.03 Å². The van der Waals surface area contributed by atoms with E-state index in [1.165, 1.54) is 0 Å². The summed E-state index contributed by atoms with van der Waals surface area (Å²) in [6, 6.07) is 5.11. The lowest BCUT2D eigenvalue weighted by molar-refractivity contribution is 0.255. The molecule has 0 unspecified atom stereocenters. The molecule has 3 nitrogen and oxygen atoms in total. The lowest BCUT2D eigenvalue weighted by Gasteiger charge is -2.08. The topological polar surface area (TPSA) is 41.1 Å². The highest BCUT2D eigenvalue weighted by Gasteiger charge is 2.03. The van der Waals surface area contributed by atoms with E-state index < -0.39 is 0 Å². The molecule has 0 atom stereocenters. The normalized spacial score (nSPS) is 10.9. The van der Waals surface area contributed by atoms with Crippen LogP contribution in [0, 0.1) is 12.8 Å². The Hall–Kier alpha value is -1.48. The Morgan fingerprint density at radius 1 is 1.41 bits per heavy atom. The van der Waals surface area contributed by atoms with Gasteiger partial charge in [-0.2, -0.15) is 0 Å². The molecule has 17 heavy (non-hydrogen) atoms. The first-order valence-electron chi connectivity index (χ1n) is 5.49. The highest BCUT2D eigenvalue weighted by Crippen LogP contribution is 2.19. The molecular weight excluding hydrogens is 236 g/mol. The third-order valence-corrected chi connectivity index (χ3v) is 2.38. The summed E-state index contributed by atoms with van der Waals surface area (Å²) < 4.78 is 0. The maximum absolute atomic E-state index is 11.5. The van der Waals surface area contributed by atoms with E-state index in [1.807, 2.05) is 32.9 Å². The first-order chi connectivity index (χ1) is 7.99. The minimum Gasteiger partial charge on any atom is -0.315 e. The number of hydrogen-bond donors (Lipinski definition) is 2. The summed E-state index contributed by atoms with van der Waals surface area (Å²) >= 11 is 5.86. The summed E-state index contributed by atoms with van der Waals surface area (Å²) in [6.07, 6.45) is 3.55. The van der Waals surface area contributed by atoms with E-state index in [4.69, 9.17) is 11.6 Å². The molecule has 0 aromatic heterocycles. The molecule has 1 rings (SSSR count). The standard InChI is InChI=1S/C13H17ClN2O/c1-9(2)6-7-15-13(17)16-12-8-11(14)5-4-10(12)3/h4-9H,1-3H3,(H2,15,16,17)/b7-6+. The van der Waals surface area contributed by atoms with Crippen molar-refractivity contribution in [2.45, 2.75) is 20.8 Å². The molecule has 0 aliphatic carbocycles. The number of hydrogen-bond acceptors (Lipinski definition) is 1. The van der Waals surface area contributed by atoms with Gasteiger partial charge in [-0.3, -0.25) is 0 Å². The fourth-order valence-electron chi connectivity index (χ4n) is 1.20. The second kappa shape index (κ2) is 6.30. The lowest BCUT2D eigenvalue weighted by atomic mass is 10.2. The van der Waals surface area contributed by atoms with Gasteiger partial charge in [0.2, 0.25) is 0 Å². The van der Waals surface area contributed by atoms with Crippen molar-refractivity contribution in [1.29, 1.82) is 0 Å². The molecular formula is C13H17ClN2O. The van der Waals surface area contributed by atoms with E-state index >= 15 is 0 Å². The summed E-state index contributed by atoms with van der Waals surface area (Å²) in [6.45, 7) is 5.99. The van der Waals surface area contributed by atoms with Gasteiger partial charge in [0.25, 0.3) is 0 Å². The van der Waals surface area contributed by atoms with Crippen LogP contribution in [0.25, 0.3) is 0 Å². The minimum atomic E-state index is -0.271. The van der Waals surface area contributed by atoms with Gasteiger partial charge in [0.1, 0.15) is 0 Å². The monoisotopic (exact) mass is 252 g/mol. The Morgan fingerprint density at radius 2 is 2.12 bits per heavy atom. The fraction of sp³-hybridized carbons (Fsp3) is 0.308. The molecule has 2 N–H and O–H groups in total. The van der Waals surface area contributed by atoms with Crippen LogP contribution in [0.1, 0.15) is 19.4 Å². The van der Waals surface area contributed by atoms with Gasteiger partial charge >= 0.3 is 6.03 Å². The molecule has 0 aliphatic rings. The molecule has 92 valence electrons. The predicted molar refractivity (Wildman–Crippen MR) is 72.3 cm³/mol. The van der Waals surface area contributed by atoms with Crippen LogP contribution in [0.15, 0.2) is 30.5 Å². The average Bonchev–Trinajstić information content (AvgIpc) is 2.23. The molecule has 0 saturated heterocycles. The zero-order valence-electron chi connectivity index (χ0n) is 10.3. The Balaban J connectivity index is 2.59. The van der Waals surface area contributed by atoms with Gasteiger partial charge in [-0.25, -0.2) is 4.79 Å². The van der Waals surface area contributed by atoms with Crippen molar-refractivity contribution in [3.05, 3.63) is 41.1 Å². The number of nitrogens with one attached hydrogen (secondary N) is 2. The van der Waals surface area contributed by atoms with Crippen LogP contribution in [0.5, 0.6) is 0 Å². The number of urea groups is 1. The van der Waals surface area contributed by atoms with Crippen molar-refractivity contribution in [2.24, 2.45) is 5.92 Å². The molecule has 1 aromatic carbocycles. The van der Waals surface area contributed by atoms with Gasteiger partial charge in [0, 0.05) is 16.9 Å². The fourth-order valence-corrected chi connectivity index (χ4v) is 1.38. The molecule has 0 spiro atoms. The summed E-state index contributed by atoms with van der Waals surface area (Å²) in [7, 11) is 0. The molecule has 2 amide bonds. The van der Waals surface area contributed by atoms with Crippen molar-refractivity contribution in [3.63, 3.8) is 0 Å². The molecule has 1 aromatic rings.